The first-order valence-electron chi connectivity index (χ1n) is 10.6. The van der Waals surface area contributed by atoms with Crippen LogP contribution in [-0.2, 0) is 4.74 Å². The molecule has 4 rings (SSSR count). The van der Waals surface area contributed by atoms with Crippen molar-refractivity contribution in [1.82, 2.24) is 5.32 Å². The third kappa shape index (κ3) is 5.77. The average Bonchev–Trinajstić information content (AvgIpc) is 2.78. The van der Waals surface area contributed by atoms with Gasteiger partial charge >= 0.3 is 6.36 Å². The summed E-state index contributed by atoms with van der Waals surface area (Å²) in [6.45, 7) is 2.35. The first kappa shape index (κ1) is 21.7. The quantitative estimate of drug-likeness (QED) is 0.625. The van der Waals surface area contributed by atoms with E-state index in [0.29, 0.717) is 6.61 Å². The summed E-state index contributed by atoms with van der Waals surface area (Å²) in [5, 5.41) is 3.43. The van der Waals surface area contributed by atoms with E-state index >= 15 is 0 Å². The molecule has 1 aliphatic heterocycles. The summed E-state index contributed by atoms with van der Waals surface area (Å²) in [5.74, 6) is -0.0170. The van der Waals surface area contributed by atoms with Crippen molar-refractivity contribution in [3.8, 4) is 5.75 Å². The molecule has 1 heterocycles. The second-order valence-corrected chi connectivity index (χ2v) is 7.83. The highest BCUT2D eigenvalue weighted by Crippen LogP contribution is 2.38. The maximum absolute atomic E-state index is 12.5. The van der Waals surface area contributed by atoms with Crippen molar-refractivity contribution in [2.45, 2.75) is 37.6 Å². The zero-order valence-electron chi connectivity index (χ0n) is 17.2. The van der Waals surface area contributed by atoms with Crippen molar-refractivity contribution >= 4 is 5.57 Å². The van der Waals surface area contributed by atoms with Gasteiger partial charge in [0, 0.05) is 19.0 Å². The van der Waals surface area contributed by atoms with Crippen molar-refractivity contribution in [2.75, 3.05) is 19.7 Å². The van der Waals surface area contributed by atoms with Crippen molar-refractivity contribution in [2.24, 2.45) is 0 Å². The van der Waals surface area contributed by atoms with Crippen LogP contribution in [-0.4, -0.2) is 32.2 Å². The zero-order chi connectivity index (χ0) is 21.7. The highest BCUT2D eigenvalue weighted by molar-refractivity contribution is 5.80. The molecule has 1 N–H and O–H groups in total. The minimum atomic E-state index is -4.69. The molecule has 0 spiro atoms. The van der Waals surface area contributed by atoms with Crippen molar-refractivity contribution in [3.63, 3.8) is 0 Å². The molecule has 2 aliphatic rings. The minimum absolute atomic E-state index is 0.0720. The Balaban J connectivity index is 1.56. The van der Waals surface area contributed by atoms with Crippen molar-refractivity contribution < 1.29 is 22.6 Å². The van der Waals surface area contributed by atoms with Gasteiger partial charge in [0.05, 0.1) is 12.7 Å². The predicted molar refractivity (Wildman–Crippen MR) is 115 cm³/mol. The van der Waals surface area contributed by atoms with Crippen molar-refractivity contribution in [3.05, 3.63) is 83.4 Å². The van der Waals surface area contributed by atoms with E-state index in [4.69, 9.17) is 4.74 Å². The van der Waals surface area contributed by atoms with Crippen LogP contribution in [0.4, 0.5) is 13.2 Å². The molecule has 0 bridgehead atoms. The van der Waals surface area contributed by atoms with E-state index < -0.39 is 6.36 Å². The fourth-order valence-corrected chi connectivity index (χ4v) is 4.30. The molecule has 164 valence electrons. The molecule has 0 aromatic heterocycles. The van der Waals surface area contributed by atoms with Gasteiger partial charge in [0.15, 0.2) is 0 Å². The Morgan fingerprint density at radius 3 is 2.42 bits per heavy atom. The number of allylic oxidation sites excluding steroid dienone is 4. The first-order valence-corrected chi connectivity index (χ1v) is 10.6. The van der Waals surface area contributed by atoms with Gasteiger partial charge in [-0.1, -0.05) is 54.6 Å². The van der Waals surface area contributed by atoms with Gasteiger partial charge in [-0.15, -0.1) is 13.2 Å². The smallest absolute Gasteiger partial charge is 0.406 e. The monoisotopic (exact) mass is 429 g/mol. The van der Waals surface area contributed by atoms with Gasteiger partial charge in [-0.05, 0) is 53.7 Å². The summed E-state index contributed by atoms with van der Waals surface area (Å²) in [7, 11) is 0. The molecule has 1 saturated heterocycles. The van der Waals surface area contributed by atoms with Gasteiger partial charge in [0.2, 0.25) is 0 Å². The van der Waals surface area contributed by atoms with Crippen LogP contribution in [0.25, 0.3) is 5.57 Å². The van der Waals surface area contributed by atoms with E-state index in [1.165, 1.54) is 23.3 Å². The lowest BCUT2D eigenvalue weighted by atomic mass is 9.81. The summed E-state index contributed by atoms with van der Waals surface area (Å²) >= 11 is 0. The third-order valence-corrected chi connectivity index (χ3v) is 5.72. The fourth-order valence-electron chi connectivity index (χ4n) is 4.30. The molecule has 2 aromatic carbocycles. The number of halogens is 3. The Kier molecular flexibility index (Phi) is 6.78. The van der Waals surface area contributed by atoms with Crippen LogP contribution in [0.5, 0.6) is 5.75 Å². The Morgan fingerprint density at radius 2 is 1.74 bits per heavy atom. The SMILES string of the molecule is FC(F)(F)Oc1ccc(C2=CCCC=C2C[C@H](c2ccccc2)C2CNCCO2)cc1. The van der Waals surface area contributed by atoms with Gasteiger partial charge in [-0.2, -0.15) is 0 Å². The molecule has 1 fully saturated rings. The lowest BCUT2D eigenvalue weighted by Gasteiger charge is -2.33. The van der Waals surface area contributed by atoms with Crippen LogP contribution in [0.2, 0.25) is 0 Å². The van der Waals surface area contributed by atoms with Crippen LogP contribution in [0.15, 0.2) is 72.3 Å². The third-order valence-electron chi connectivity index (χ3n) is 5.72. The summed E-state index contributed by atoms with van der Waals surface area (Å²) in [6.07, 6.45) is 2.49. The molecule has 3 nitrogen and oxygen atoms in total. The zero-order valence-corrected chi connectivity index (χ0v) is 17.2. The van der Waals surface area contributed by atoms with E-state index in [9.17, 15) is 13.2 Å². The van der Waals surface area contributed by atoms with E-state index in [-0.39, 0.29) is 17.8 Å². The minimum Gasteiger partial charge on any atom is -0.406 e. The van der Waals surface area contributed by atoms with Gasteiger partial charge in [0.1, 0.15) is 5.75 Å². The molecule has 0 radical (unpaired) electrons. The van der Waals surface area contributed by atoms with Crippen LogP contribution >= 0.6 is 0 Å². The molecular weight excluding hydrogens is 403 g/mol. The van der Waals surface area contributed by atoms with Gasteiger partial charge in [-0.25, -0.2) is 0 Å². The number of ether oxygens (including phenoxy) is 2. The fraction of sp³-hybridized carbons (Fsp3) is 0.360. The maximum Gasteiger partial charge on any atom is 0.573 e. The van der Waals surface area contributed by atoms with Crippen LogP contribution < -0.4 is 10.1 Å². The number of nitrogens with one attached hydrogen (secondary N) is 1. The van der Waals surface area contributed by atoms with Crippen molar-refractivity contribution in [1.29, 1.82) is 0 Å². The van der Waals surface area contributed by atoms with E-state index in [1.807, 2.05) is 18.2 Å². The largest absolute Gasteiger partial charge is 0.573 e. The topological polar surface area (TPSA) is 30.5 Å². The number of alkyl halides is 3. The van der Waals surface area contributed by atoms with E-state index in [0.717, 1.165) is 43.5 Å². The molecule has 0 saturated carbocycles. The number of hydrogen-bond donors (Lipinski definition) is 1. The molecule has 1 aliphatic carbocycles. The first-order chi connectivity index (χ1) is 15.0. The molecule has 0 amide bonds. The van der Waals surface area contributed by atoms with E-state index in [1.54, 1.807) is 12.1 Å². The lowest BCUT2D eigenvalue weighted by Crippen LogP contribution is -2.42. The van der Waals surface area contributed by atoms with Gasteiger partial charge in [0.25, 0.3) is 0 Å². The molecule has 2 atom stereocenters. The second kappa shape index (κ2) is 9.71. The highest BCUT2D eigenvalue weighted by atomic mass is 19.4. The number of morpholine rings is 1. The Bertz CT molecular complexity index is 914. The average molecular weight is 429 g/mol. The number of rotatable bonds is 6. The molecule has 31 heavy (non-hydrogen) atoms. The Morgan fingerprint density at radius 1 is 1.00 bits per heavy atom. The Labute approximate surface area is 180 Å². The number of benzene rings is 2. The lowest BCUT2D eigenvalue weighted by molar-refractivity contribution is -0.274. The molecule has 6 heteroatoms. The summed E-state index contributed by atoms with van der Waals surface area (Å²) in [4.78, 5) is 0. The maximum atomic E-state index is 12.5. The molecular formula is C25H26F3NO2. The molecule has 1 unspecified atom stereocenters. The van der Waals surface area contributed by atoms with Crippen LogP contribution in [0.3, 0.4) is 0 Å². The van der Waals surface area contributed by atoms with E-state index in [2.05, 4.69) is 34.3 Å². The normalized spacial score (nSPS) is 20.5. The summed E-state index contributed by atoms with van der Waals surface area (Å²) in [5.41, 5.74) is 4.42. The standard InChI is InChI=1S/C25H26F3NO2/c26-25(27,28)31-21-12-10-19(11-13-21)22-9-5-4-8-20(22)16-23(18-6-2-1-3-7-18)24-17-29-14-15-30-24/h1-3,6-13,23-24,29H,4-5,14-17H2/t23-,24?/m1/s1. The molecule has 2 aromatic rings. The highest BCUT2D eigenvalue weighted by Gasteiger charge is 2.31. The predicted octanol–water partition coefficient (Wildman–Crippen LogP) is 5.85. The number of hydrogen-bond acceptors (Lipinski definition) is 3. The van der Waals surface area contributed by atoms with Crippen LogP contribution in [0.1, 0.15) is 36.3 Å². The summed E-state index contributed by atoms with van der Waals surface area (Å²) in [6, 6.07) is 16.5. The summed E-state index contributed by atoms with van der Waals surface area (Å²) < 4.78 is 47.6. The second-order valence-electron chi connectivity index (χ2n) is 7.83. The Hall–Kier alpha value is -2.57. The van der Waals surface area contributed by atoms with Gasteiger partial charge < -0.3 is 14.8 Å². The van der Waals surface area contributed by atoms with Gasteiger partial charge in [-0.3, -0.25) is 0 Å². The van der Waals surface area contributed by atoms with Crippen LogP contribution in [0, 0.1) is 0 Å².